The highest BCUT2D eigenvalue weighted by atomic mass is 16.6. The Morgan fingerprint density at radius 3 is 2.10 bits per heavy atom. The molecule has 3 rings (SSSR count). The van der Waals surface area contributed by atoms with E-state index in [1.165, 1.54) is 31.3 Å². The molecule has 0 spiro atoms. The van der Waals surface area contributed by atoms with Gasteiger partial charge in [0.05, 0.1) is 21.3 Å². The van der Waals surface area contributed by atoms with Crippen LogP contribution in [-0.4, -0.2) is 56.4 Å². The zero-order valence-electron chi connectivity index (χ0n) is 16.7. The highest BCUT2D eigenvalue weighted by molar-refractivity contribution is 5.96. The molecule has 8 nitrogen and oxygen atoms in total. The predicted octanol–water partition coefficient (Wildman–Crippen LogP) is 3.11. The second-order valence-electron chi connectivity index (χ2n) is 6.36. The van der Waals surface area contributed by atoms with Gasteiger partial charge in [0, 0.05) is 18.7 Å². The first-order chi connectivity index (χ1) is 14.1. The molecule has 154 valence electrons. The largest absolute Gasteiger partial charge is 0.493 e. The van der Waals surface area contributed by atoms with Gasteiger partial charge in [0.25, 0.3) is 5.91 Å². The third-order valence-corrected chi connectivity index (χ3v) is 4.59. The van der Waals surface area contributed by atoms with Crippen LogP contribution in [0.15, 0.2) is 42.5 Å². The minimum atomic E-state index is -0.563. The lowest BCUT2D eigenvalue weighted by atomic mass is 10.1. The molecule has 1 aliphatic rings. The zero-order chi connectivity index (χ0) is 20.8. The number of hydrazine groups is 1. The van der Waals surface area contributed by atoms with Crippen LogP contribution in [0.3, 0.4) is 0 Å². The van der Waals surface area contributed by atoms with Crippen LogP contribution in [0.1, 0.15) is 22.3 Å². The summed E-state index contributed by atoms with van der Waals surface area (Å²) in [4.78, 5) is 25.6. The van der Waals surface area contributed by atoms with E-state index in [-0.39, 0.29) is 12.5 Å². The number of hydrogen-bond acceptors (Lipinski definition) is 6. The van der Waals surface area contributed by atoms with Gasteiger partial charge in [0.1, 0.15) is 6.61 Å². The van der Waals surface area contributed by atoms with Gasteiger partial charge in [-0.2, -0.15) is 0 Å². The summed E-state index contributed by atoms with van der Waals surface area (Å²) in [5.74, 6) is 0.783. The van der Waals surface area contributed by atoms with Crippen molar-refractivity contribution in [2.75, 3.05) is 34.4 Å². The van der Waals surface area contributed by atoms with Crippen molar-refractivity contribution >= 4 is 12.0 Å². The average molecular weight is 400 g/mol. The molecule has 1 fully saturated rings. The van der Waals surface area contributed by atoms with E-state index >= 15 is 0 Å². The predicted molar refractivity (Wildman–Crippen MR) is 105 cm³/mol. The number of rotatable bonds is 6. The SMILES string of the molecule is COc1cc(C(=O)N2CCCN2C(=O)OCc2ccccc2)cc(OC)c1OC. The molecule has 2 amide bonds. The van der Waals surface area contributed by atoms with Crippen molar-refractivity contribution < 1.29 is 28.5 Å². The first-order valence-electron chi connectivity index (χ1n) is 9.19. The van der Waals surface area contributed by atoms with E-state index in [0.29, 0.717) is 42.3 Å². The van der Waals surface area contributed by atoms with Crippen molar-refractivity contribution in [3.8, 4) is 17.2 Å². The highest BCUT2D eigenvalue weighted by Gasteiger charge is 2.33. The standard InChI is InChI=1S/C21H24N2O6/c1-26-17-12-16(13-18(27-2)19(17)28-3)20(24)22-10-7-11-23(22)21(25)29-14-15-8-5-4-6-9-15/h4-6,8-9,12-13H,7,10-11,14H2,1-3H3. The minimum absolute atomic E-state index is 0.141. The van der Waals surface area contributed by atoms with Gasteiger partial charge in [-0.25, -0.2) is 14.8 Å². The fourth-order valence-electron chi connectivity index (χ4n) is 3.16. The summed E-state index contributed by atoms with van der Waals surface area (Å²) in [5, 5.41) is 2.71. The fraction of sp³-hybridized carbons (Fsp3) is 0.333. The molecule has 0 aliphatic carbocycles. The summed E-state index contributed by atoms with van der Waals surface area (Å²) in [6, 6.07) is 12.5. The first-order valence-corrected chi connectivity index (χ1v) is 9.19. The van der Waals surface area contributed by atoms with E-state index in [0.717, 1.165) is 5.56 Å². The van der Waals surface area contributed by atoms with Crippen LogP contribution in [0.5, 0.6) is 17.2 Å². The average Bonchev–Trinajstić information content (AvgIpc) is 3.26. The summed E-state index contributed by atoms with van der Waals surface area (Å²) in [5.41, 5.74) is 1.20. The molecule has 1 heterocycles. The topological polar surface area (TPSA) is 77.5 Å². The number of carbonyl (C=O) groups is 2. The number of nitrogens with zero attached hydrogens (tertiary/aromatic N) is 2. The van der Waals surface area contributed by atoms with Gasteiger partial charge in [-0.15, -0.1) is 0 Å². The van der Waals surface area contributed by atoms with Crippen LogP contribution >= 0.6 is 0 Å². The Morgan fingerprint density at radius 1 is 0.897 bits per heavy atom. The van der Waals surface area contributed by atoms with E-state index in [9.17, 15) is 9.59 Å². The van der Waals surface area contributed by atoms with Crippen LogP contribution in [-0.2, 0) is 11.3 Å². The van der Waals surface area contributed by atoms with E-state index in [1.807, 2.05) is 30.3 Å². The Labute approximate surface area is 169 Å². The molecule has 0 atom stereocenters. The Kier molecular flexibility index (Phi) is 6.43. The lowest BCUT2D eigenvalue weighted by Crippen LogP contribution is -2.45. The molecule has 0 N–H and O–H groups in total. The molecule has 2 aromatic rings. The van der Waals surface area contributed by atoms with Crippen LogP contribution < -0.4 is 14.2 Å². The molecular weight excluding hydrogens is 376 g/mol. The van der Waals surface area contributed by atoms with Crippen molar-refractivity contribution in [1.82, 2.24) is 10.0 Å². The number of hydrogen-bond donors (Lipinski definition) is 0. The van der Waals surface area contributed by atoms with E-state index in [4.69, 9.17) is 18.9 Å². The summed E-state index contributed by atoms with van der Waals surface area (Å²) in [6.45, 7) is 0.960. The number of carbonyl (C=O) groups excluding carboxylic acids is 2. The zero-order valence-corrected chi connectivity index (χ0v) is 16.7. The summed E-state index contributed by atoms with van der Waals surface area (Å²) < 4.78 is 21.3. The summed E-state index contributed by atoms with van der Waals surface area (Å²) in [7, 11) is 4.45. The quantitative estimate of drug-likeness (QED) is 0.742. The van der Waals surface area contributed by atoms with Gasteiger partial charge < -0.3 is 18.9 Å². The second kappa shape index (κ2) is 9.18. The molecule has 1 aliphatic heterocycles. The van der Waals surface area contributed by atoms with Crippen LogP contribution in [0.2, 0.25) is 0 Å². The Balaban J connectivity index is 1.76. The molecule has 1 saturated heterocycles. The third kappa shape index (κ3) is 4.37. The fourth-order valence-corrected chi connectivity index (χ4v) is 3.16. The summed E-state index contributed by atoms with van der Waals surface area (Å²) in [6.07, 6.45) is 0.100. The maximum absolute atomic E-state index is 13.1. The molecule has 0 unspecified atom stereocenters. The Morgan fingerprint density at radius 2 is 1.52 bits per heavy atom. The van der Waals surface area contributed by atoms with Gasteiger partial charge in [0.15, 0.2) is 11.5 Å². The Hall–Kier alpha value is -3.42. The van der Waals surface area contributed by atoms with Crippen molar-refractivity contribution in [2.24, 2.45) is 0 Å². The van der Waals surface area contributed by atoms with Gasteiger partial charge >= 0.3 is 6.09 Å². The van der Waals surface area contributed by atoms with Gasteiger partial charge in [-0.05, 0) is 24.1 Å². The first kappa shape index (κ1) is 20.3. The van der Waals surface area contributed by atoms with Gasteiger partial charge in [-0.3, -0.25) is 4.79 Å². The second-order valence-corrected chi connectivity index (χ2v) is 6.36. The molecule has 2 aromatic carbocycles. The maximum atomic E-state index is 13.1. The molecule has 0 aromatic heterocycles. The van der Waals surface area contributed by atoms with Crippen molar-refractivity contribution in [1.29, 1.82) is 0 Å². The third-order valence-electron chi connectivity index (χ3n) is 4.59. The van der Waals surface area contributed by atoms with Crippen LogP contribution in [0.4, 0.5) is 4.79 Å². The molecular formula is C21H24N2O6. The number of benzene rings is 2. The van der Waals surface area contributed by atoms with Crippen molar-refractivity contribution in [2.45, 2.75) is 13.0 Å². The van der Waals surface area contributed by atoms with Gasteiger partial charge in [0.2, 0.25) is 5.75 Å². The normalized spacial score (nSPS) is 13.2. The van der Waals surface area contributed by atoms with E-state index in [1.54, 1.807) is 12.1 Å². The maximum Gasteiger partial charge on any atom is 0.429 e. The van der Waals surface area contributed by atoms with E-state index < -0.39 is 6.09 Å². The monoisotopic (exact) mass is 400 g/mol. The van der Waals surface area contributed by atoms with Gasteiger partial charge in [-0.1, -0.05) is 30.3 Å². The number of methoxy groups -OCH3 is 3. The highest BCUT2D eigenvalue weighted by Crippen LogP contribution is 2.38. The van der Waals surface area contributed by atoms with Crippen LogP contribution in [0.25, 0.3) is 0 Å². The van der Waals surface area contributed by atoms with Crippen molar-refractivity contribution in [3.05, 3.63) is 53.6 Å². The lowest BCUT2D eigenvalue weighted by molar-refractivity contribution is 0.0110. The Bertz CT molecular complexity index is 846. The lowest BCUT2D eigenvalue weighted by Gasteiger charge is -2.27. The number of amides is 2. The molecule has 0 saturated carbocycles. The summed E-state index contributed by atoms with van der Waals surface area (Å²) >= 11 is 0. The molecule has 0 bridgehead atoms. The van der Waals surface area contributed by atoms with E-state index in [2.05, 4.69) is 0 Å². The minimum Gasteiger partial charge on any atom is -0.493 e. The van der Waals surface area contributed by atoms with Crippen molar-refractivity contribution in [3.63, 3.8) is 0 Å². The smallest absolute Gasteiger partial charge is 0.429 e. The molecule has 0 radical (unpaired) electrons. The van der Waals surface area contributed by atoms with Crippen LogP contribution in [0, 0.1) is 0 Å². The molecule has 29 heavy (non-hydrogen) atoms. The number of ether oxygens (including phenoxy) is 4. The molecule has 8 heteroatoms.